The zero-order valence-electron chi connectivity index (χ0n) is 15.4. The van der Waals surface area contributed by atoms with Crippen molar-refractivity contribution in [1.29, 1.82) is 0 Å². The zero-order valence-corrected chi connectivity index (χ0v) is 17.0. The minimum atomic E-state index is -0.641. The van der Waals surface area contributed by atoms with Gasteiger partial charge in [0.15, 0.2) is 5.16 Å². The van der Waals surface area contributed by atoms with Crippen LogP contribution >= 0.6 is 23.1 Å². The second kappa shape index (κ2) is 7.66. The Morgan fingerprint density at radius 2 is 2.11 bits per heavy atom. The van der Waals surface area contributed by atoms with Crippen LogP contribution in [0.4, 0.5) is 0 Å². The van der Waals surface area contributed by atoms with Gasteiger partial charge in [0.2, 0.25) is 0 Å². The Balaban J connectivity index is 1.43. The van der Waals surface area contributed by atoms with Gasteiger partial charge in [-0.25, -0.2) is 4.98 Å². The molecule has 1 aliphatic carbocycles. The van der Waals surface area contributed by atoms with Crippen molar-refractivity contribution in [3.63, 3.8) is 0 Å². The molecule has 27 heavy (non-hydrogen) atoms. The van der Waals surface area contributed by atoms with Crippen LogP contribution in [0.15, 0.2) is 34.2 Å². The van der Waals surface area contributed by atoms with Crippen molar-refractivity contribution in [1.82, 2.24) is 9.55 Å². The van der Waals surface area contributed by atoms with E-state index in [1.165, 1.54) is 27.8 Å². The molecule has 1 N–H and O–H groups in total. The van der Waals surface area contributed by atoms with E-state index in [0.717, 1.165) is 35.2 Å². The van der Waals surface area contributed by atoms with Crippen molar-refractivity contribution in [2.45, 2.75) is 37.4 Å². The van der Waals surface area contributed by atoms with Gasteiger partial charge in [-0.1, -0.05) is 29.5 Å². The quantitative estimate of drug-likeness (QED) is 0.506. The SMILES string of the molecule is Cc1ccc(OC[C@H](O)CSc2nc3sc4c(c3c(=O)n2C)CCC4)cc1. The molecular weight excluding hydrogens is 380 g/mol. The predicted octanol–water partition coefficient (Wildman–Crippen LogP) is 3.32. The maximum Gasteiger partial charge on any atom is 0.262 e. The summed E-state index contributed by atoms with van der Waals surface area (Å²) in [6.45, 7) is 2.23. The summed E-state index contributed by atoms with van der Waals surface area (Å²) in [4.78, 5) is 19.6. The van der Waals surface area contributed by atoms with Crippen molar-refractivity contribution in [2.75, 3.05) is 12.4 Å². The Kier molecular flexibility index (Phi) is 5.25. The first-order chi connectivity index (χ1) is 13.0. The molecule has 0 saturated carbocycles. The van der Waals surface area contributed by atoms with E-state index in [9.17, 15) is 9.90 Å². The number of aromatic nitrogens is 2. The van der Waals surface area contributed by atoms with Crippen molar-refractivity contribution >= 4 is 33.3 Å². The summed E-state index contributed by atoms with van der Waals surface area (Å²) < 4.78 is 7.23. The Hall–Kier alpha value is -1.83. The number of thiophene rings is 1. The highest BCUT2D eigenvalue weighted by atomic mass is 32.2. The summed E-state index contributed by atoms with van der Waals surface area (Å²) in [6.07, 6.45) is 2.52. The van der Waals surface area contributed by atoms with E-state index in [0.29, 0.717) is 10.9 Å². The van der Waals surface area contributed by atoms with Crippen molar-refractivity contribution in [2.24, 2.45) is 7.05 Å². The fourth-order valence-corrected chi connectivity index (χ4v) is 5.46. The molecule has 2 aromatic heterocycles. The number of nitrogens with zero attached hydrogens (tertiary/aromatic N) is 2. The largest absolute Gasteiger partial charge is 0.491 e. The van der Waals surface area contributed by atoms with Gasteiger partial charge in [-0.2, -0.15) is 0 Å². The van der Waals surface area contributed by atoms with Crippen molar-refractivity contribution < 1.29 is 9.84 Å². The highest BCUT2D eigenvalue weighted by molar-refractivity contribution is 7.99. The summed E-state index contributed by atoms with van der Waals surface area (Å²) in [6, 6.07) is 7.74. The molecule has 0 bridgehead atoms. The van der Waals surface area contributed by atoms with E-state index in [4.69, 9.17) is 9.72 Å². The summed E-state index contributed by atoms with van der Waals surface area (Å²) in [5.41, 5.74) is 2.39. The van der Waals surface area contributed by atoms with Gasteiger partial charge in [0.25, 0.3) is 5.56 Å². The normalized spacial score (nSPS) is 14.5. The second-order valence-electron chi connectivity index (χ2n) is 6.88. The van der Waals surface area contributed by atoms with E-state index < -0.39 is 6.10 Å². The number of aryl methyl sites for hydroxylation is 3. The minimum absolute atomic E-state index is 0.0206. The van der Waals surface area contributed by atoms with Crippen LogP contribution in [0.2, 0.25) is 0 Å². The van der Waals surface area contributed by atoms with E-state index in [1.807, 2.05) is 31.2 Å². The number of fused-ring (bicyclic) bond motifs is 3. The summed E-state index contributed by atoms with van der Waals surface area (Å²) >= 11 is 3.03. The second-order valence-corrected chi connectivity index (χ2v) is 8.96. The first kappa shape index (κ1) is 18.5. The number of ether oxygens (including phenoxy) is 1. The summed E-state index contributed by atoms with van der Waals surface area (Å²) in [7, 11) is 1.76. The van der Waals surface area contributed by atoms with E-state index in [2.05, 4.69) is 0 Å². The highest BCUT2D eigenvalue weighted by Crippen LogP contribution is 2.35. The molecule has 3 aromatic rings. The van der Waals surface area contributed by atoms with E-state index in [1.54, 1.807) is 23.0 Å². The lowest BCUT2D eigenvalue weighted by atomic mass is 10.2. The number of benzene rings is 1. The fraction of sp³-hybridized carbons (Fsp3) is 0.400. The van der Waals surface area contributed by atoms with Gasteiger partial charge in [-0.15, -0.1) is 11.3 Å². The standard InChI is InChI=1S/C20H22N2O3S2/c1-12-6-8-14(9-7-12)25-10-13(23)11-26-20-21-18-17(19(24)22(20)2)15-4-3-5-16(15)27-18/h6-9,13,23H,3-5,10-11H2,1-2H3/t13-/m0/s1. The van der Waals surface area contributed by atoms with Crippen molar-refractivity contribution in [3.05, 3.63) is 50.6 Å². The first-order valence-electron chi connectivity index (χ1n) is 9.04. The highest BCUT2D eigenvalue weighted by Gasteiger charge is 2.22. The van der Waals surface area contributed by atoms with Crippen LogP contribution in [0, 0.1) is 6.92 Å². The molecule has 1 aliphatic rings. The van der Waals surface area contributed by atoms with Crippen LogP contribution in [0.25, 0.3) is 10.2 Å². The van der Waals surface area contributed by atoms with Crippen LogP contribution in [-0.4, -0.2) is 33.1 Å². The van der Waals surface area contributed by atoms with Crippen LogP contribution in [0.5, 0.6) is 5.75 Å². The van der Waals surface area contributed by atoms with Crippen LogP contribution in [0.1, 0.15) is 22.4 Å². The number of hydrogen-bond acceptors (Lipinski definition) is 6. The third-order valence-electron chi connectivity index (χ3n) is 4.77. The Labute approximate surface area is 166 Å². The molecule has 0 unspecified atom stereocenters. The topological polar surface area (TPSA) is 64.3 Å². The van der Waals surface area contributed by atoms with Gasteiger partial charge in [0, 0.05) is 17.7 Å². The number of rotatable bonds is 6. The van der Waals surface area contributed by atoms with Gasteiger partial charge in [0.05, 0.1) is 11.5 Å². The third-order valence-corrected chi connectivity index (χ3v) is 7.13. The van der Waals surface area contributed by atoms with E-state index in [-0.39, 0.29) is 12.2 Å². The molecule has 0 aliphatic heterocycles. The average Bonchev–Trinajstić information content (AvgIpc) is 3.23. The van der Waals surface area contributed by atoms with Crippen LogP contribution in [-0.2, 0) is 19.9 Å². The Morgan fingerprint density at radius 1 is 1.33 bits per heavy atom. The fourth-order valence-electron chi connectivity index (χ4n) is 3.28. The molecule has 5 nitrogen and oxygen atoms in total. The molecule has 0 amide bonds. The number of thioether (sulfide) groups is 1. The number of hydrogen-bond donors (Lipinski definition) is 1. The van der Waals surface area contributed by atoms with E-state index >= 15 is 0 Å². The molecule has 1 atom stereocenters. The van der Waals surface area contributed by atoms with Crippen LogP contribution < -0.4 is 10.3 Å². The Bertz CT molecular complexity index is 1020. The number of aliphatic hydroxyl groups is 1. The van der Waals surface area contributed by atoms with Gasteiger partial charge in [-0.05, 0) is 43.9 Å². The number of aliphatic hydroxyl groups excluding tert-OH is 1. The van der Waals surface area contributed by atoms with Gasteiger partial charge in [-0.3, -0.25) is 9.36 Å². The maximum atomic E-state index is 12.8. The summed E-state index contributed by atoms with van der Waals surface area (Å²) in [5.74, 6) is 1.16. The molecule has 142 valence electrons. The smallest absolute Gasteiger partial charge is 0.262 e. The minimum Gasteiger partial charge on any atom is -0.491 e. The molecule has 0 saturated heterocycles. The monoisotopic (exact) mass is 402 g/mol. The van der Waals surface area contributed by atoms with Gasteiger partial charge >= 0.3 is 0 Å². The molecule has 0 fully saturated rings. The molecule has 0 radical (unpaired) electrons. The zero-order chi connectivity index (χ0) is 19.0. The first-order valence-corrected chi connectivity index (χ1v) is 10.8. The Morgan fingerprint density at radius 3 is 2.89 bits per heavy atom. The molecule has 1 aromatic carbocycles. The third kappa shape index (κ3) is 3.77. The average molecular weight is 403 g/mol. The van der Waals surface area contributed by atoms with Crippen molar-refractivity contribution in [3.8, 4) is 5.75 Å². The molecule has 0 spiro atoms. The lowest BCUT2D eigenvalue weighted by Crippen LogP contribution is -2.23. The van der Waals surface area contributed by atoms with Gasteiger partial charge < -0.3 is 9.84 Å². The summed E-state index contributed by atoms with van der Waals surface area (Å²) in [5, 5.41) is 11.7. The molecule has 4 rings (SSSR count). The molecular formula is C20H22N2O3S2. The van der Waals surface area contributed by atoms with Crippen LogP contribution in [0.3, 0.4) is 0 Å². The predicted molar refractivity (Wildman–Crippen MR) is 110 cm³/mol. The lowest BCUT2D eigenvalue weighted by molar-refractivity contribution is 0.126. The van der Waals surface area contributed by atoms with Gasteiger partial charge in [0.1, 0.15) is 17.2 Å². The maximum absolute atomic E-state index is 12.8. The molecule has 2 heterocycles. The molecule has 7 heteroatoms. The lowest BCUT2D eigenvalue weighted by Gasteiger charge is -2.13.